The average molecular weight is 298 g/mol. The molecule has 4 heteroatoms. The van der Waals surface area contributed by atoms with Gasteiger partial charge < -0.3 is 9.64 Å². The zero-order chi connectivity index (χ0) is 15.9. The second-order valence-electron chi connectivity index (χ2n) is 6.96. The van der Waals surface area contributed by atoms with Gasteiger partial charge in [-0.05, 0) is 66.5 Å². The lowest BCUT2D eigenvalue weighted by Crippen LogP contribution is -2.53. The van der Waals surface area contributed by atoms with Gasteiger partial charge in [0.15, 0.2) is 0 Å². The third-order valence-corrected chi connectivity index (χ3v) is 4.56. The van der Waals surface area contributed by atoms with Gasteiger partial charge in [-0.1, -0.05) is 12.8 Å². The van der Waals surface area contributed by atoms with Crippen LogP contribution in [0.15, 0.2) is 0 Å². The summed E-state index contributed by atoms with van der Waals surface area (Å²) in [6.07, 6.45) is 7.17. The SMILES string of the molecule is COC(=O)C(C)(CCCN1CCCCCC1C)NC(C)C. The van der Waals surface area contributed by atoms with Crippen molar-refractivity contribution in [2.24, 2.45) is 0 Å². The third-order valence-electron chi connectivity index (χ3n) is 4.56. The number of likely N-dealkylation sites (tertiary alicyclic amines) is 1. The highest BCUT2D eigenvalue weighted by Gasteiger charge is 2.34. The van der Waals surface area contributed by atoms with E-state index in [4.69, 9.17) is 4.74 Å². The zero-order valence-electron chi connectivity index (χ0n) is 14.6. The molecule has 1 heterocycles. The van der Waals surface area contributed by atoms with Crippen molar-refractivity contribution in [1.82, 2.24) is 10.2 Å². The summed E-state index contributed by atoms with van der Waals surface area (Å²) < 4.78 is 4.98. The molecule has 4 nitrogen and oxygen atoms in total. The lowest BCUT2D eigenvalue weighted by atomic mass is 9.94. The van der Waals surface area contributed by atoms with Gasteiger partial charge in [0.05, 0.1) is 7.11 Å². The van der Waals surface area contributed by atoms with Crippen LogP contribution in [0.4, 0.5) is 0 Å². The van der Waals surface area contributed by atoms with Crippen molar-refractivity contribution in [3.8, 4) is 0 Å². The molecule has 124 valence electrons. The number of rotatable bonds is 7. The second-order valence-corrected chi connectivity index (χ2v) is 6.96. The van der Waals surface area contributed by atoms with Gasteiger partial charge in [0.1, 0.15) is 5.54 Å². The van der Waals surface area contributed by atoms with E-state index in [2.05, 4.69) is 31.0 Å². The van der Waals surface area contributed by atoms with Crippen molar-refractivity contribution < 1.29 is 9.53 Å². The molecule has 0 radical (unpaired) electrons. The minimum atomic E-state index is -0.571. The molecule has 21 heavy (non-hydrogen) atoms. The van der Waals surface area contributed by atoms with Crippen LogP contribution < -0.4 is 5.32 Å². The maximum absolute atomic E-state index is 12.1. The van der Waals surface area contributed by atoms with Crippen molar-refractivity contribution in [2.75, 3.05) is 20.2 Å². The quantitative estimate of drug-likeness (QED) is 0.734. The molecule has 1 rings (SSSR count). The molecular formula is C17H34N2O2. The summed E-state index contributed by atoms with van der Waals surface area (Å²) in [4.78, 5) is 14.7. The maximum Gasteiger partial charge on any atom is 0.325 e. The Morgan fingerprint density at radius 1 is 1.38 bits per heavy atom. The lowest BCUT2D eigenvalue weighted by molar-refractivity contribution is -0.148. The zero-order valence-corrected chi connectivity index (χ0v) is 14.6. The van der Waals surface area contributed by atoms with Crippen LogP contribution in [0.5, 0.6) is 0 Å². The van der Waals surface area contributed by atoms with Gasteiger partial charge in [-0.3, -0.25) is 10.1 Å². The Bertz CT molecular complexity index is 320. The highest BCUT2D eigenvalue weighted by molar-refractivity contribution is 5.80. The molecule has 2 atom stereocenters. The molecule has 0 saturated carbocycles. The predicted octanol–water partition coefficient (Wildman–Crippen LogP) is 2.96. The van der Waals surface area contributed by atoms with Crippen molar-refractivity contribution in [3.05, 3.63) is 0 Å². The van der Waals surface area contributed by atoms with Crippen LogP contribution in [0.2, 0.25) is 0 Å². The molecule has 0 aromatic carbocycles. The van der Waals surface area contributed by atoms with E-state index in [1.807, 2.05) is 6.92 Å². The molecule has 0 spiro atoms. The van der Waals surface area contributed by atoms with Gasteiger partial charge in [-0.15, -0.1) is 0 Å². The van der Waals surface area contributed by atoms with Gasteiger partial charge in [0, 0.05) is 12.1 Å². The molecule has 0 bridgehead atoms. The molecule has 2 unspecified atom stereocenters. The summed E-state index contributed by atoms with van der Waals surface area (Å²) in [5, 5.41) is 3.38. The molecule has 0 aromatic rings. The highest BCUT2D eigenvalue weighted by atomic mass is 16.5. The van der Waals surface area contributed by atoms with Gasteiger partial charge in [0.2, 0.25) is 0 Å². The highest BCUT2D eigenvalue weighted by Crippen LogP contribution is 2.20. The van der Waals surface area contributed by atoms with Crippen LogP contribution in [0.3, 0.4) is 0 Å². The smallest absolute Gasteiger partial charge is 0.325 e. The lowest BCUT2D eigenvalue weighted by Gasteiger charge is -2.32. The van der Waals surface area contributed by atoms with Crippen LogP contribution in [0, 0.1) is 0 Å². The summed E-state index contributed by atoms with van der Waals surface area (Å²) in [5.41, 5.74) is -0.571. The van der Waals surface area contributed by atoms with Crippen LogP contribution >= 0.6 is 0 Å². The maximum atomic E-state index is 12.1. The number of esters is 1. The van der Waals surface area contributed by atoms with E-state index in [1.54, 1.807) is 0 Å². The Morgan fingerprint density at radius 2 is 2.10 bits per heavy atom. The molecule has 1 aliphatic rings. The fraction of sp³-hybridized carbons (Fsp3) is 0.941. The first-order valence-electron chi connectivity index (χ1n) is 8.49. The van der Waals surface area contributed by atoms with E-state index >= 15 is 0 Å². The van der Waals surface area contributed by atoms with Gasteiger partial charge in [-0.25, -0.2) is 0 Å². The van der Waals surface area contributed by atoms with E-state index in [9.17, 15) is 4.79 Å². The molecule has 1 fully saturated rings. The Kier molecular flexibility index (Phi) is 7.67. The van der Waals surface area contributed by atoms with Crippen molar-refractivity contribution >= 4 is 5.97 Å². The van der Waals surface area contributed by atoms with E-state index < -0.39 is 5.54 Å². The predicted molar refractivity (Wildman–Crippen MR) is 87.4 cm³/mol. The summed E-state index contributed by atoms with van der Waals surface area (Å²) in [7, 11) is 1.47. The van der Waals surface area contributed by atoms with Gasteiger partial charge in [0.25, 0.3) is 0 Å². The Morgan fingerprint density at radius 3 is 2.71 bits per heavy atom. The van der Waals surface area contributed by atoms with E-state index in [1.165, 1.54) is 39.3 Å². The molecule has 0 aliphatic carbocycles. The van der Waals surface area contributed by atoms with Crippen molar-refractivity contribution in [3.63, 3.8) is 0 Å². The third kappa shape index (κ3) is 5.95. The minimum Gasteiger partial charge on any atom is -0.468 e. The minimum absolute atomic E-state index is 0.153. The summed E-state index contributed by atoms with van der Waals surface area (Å²) in [5.74, 6) is -0.153. The Balaban J connectivity index is 2.50. The normalized spacial score (nSPS) is 23.6. The van der Waals surface area contributed by atoms with Gasteiger partial charge >= 0.3 is 5.97 Å². The van der Waals surface area contributed by atoms with Crippen molar-refractivity contribution in [1.29, 1.82) is 0 Å². The number of carbonyl (C=O) groups excluding carboxylic acids is 1. The number of nitrogens with zero attached hydrogens (tertiary/aromatic N) is 1. The number of ether oxygens (including phenoxy) is 1. The van der Waals surface area contributed by atoms with Crippen LogP contribution in [-0.2, 0) is 9.53 Å². The molecule has 1 saturated heterocycles. The number of hydrogen-bond donors (Lipinski definition) is 1. The topological polar surface area (TPSA) is 41.6 Å². The summed E-state index contributed by atoms with van der Waals surface area (Å²) >= 11 is 0. The fourth-order valence-corrected chi connectivity index (χ4v) is 3.40. The van der Waals surface area contributed by atoms with Crippen LogP contribution in [-0.4, -0.2) is 48.7 Å². The van der Waals surface area contributed by atoms with Gasteiger partial charge in [-0.2, -0.15) is 0 Å². The molecule has 1 aliphatic heterocycles. The Labute approximate surface area is 130 Å². The average Bonchev–Trinajstić information content (AvgIpc) is 2.62. The monoisotopic (exact) mass is 298 g/mol. The Hall–Kier alpha value is -0.610. The first-order chi connectivity index (χ1) is 9.89. The fourth-order valence-electron chi connectivity index (χ4n) is 3.40. The first-order valence-corrected chi connectivity index (χ1v) is 8.49. The second kappa shape index (κ2) is 8.74. The molecule has 1 N–H and O–H groups in total. The van der Waals surface area contributed by atoms with Crippen LogP contribution in [0.1, 0.15) is 66.2 Å². The molecular weight excluding hydrogens is 264 g/mol. The van der Waals surface area contributed by atoms with Crippen LogP contribution in [0.25, 0.3) is 0 Å². The first kappa shape index (κ1) is 18.4. The van der Waals surface area contributed by atoms with E-state index in [0.717, 1.165) is 19.4 Å². The number of nitrogens with one attached hydrogen (secondary N) is 1. The van der Waals surface area contributed by atoms with Crippen molar-refractivity contribution in [2.45, 2.75) is 83.8 Å². The summed E-state index contributed by atoms with van der Waals surface area (Å²) in [6, 6.07) is 0.946. The van der Waals surface area contributed by atoms with E-state index in [-0.39, 0.29) is 12.0 Å². The number of carbonyl (C=O) groups is 1. The molecule has 0 aromatic heterocycles. The molecule has 0 amide bonds. The number of methoxy groups -OCH3 is 1. The van der Waals surface area contributed by atoms with E-state index in [0.29, 0.717) is 6.04 Å². The standard InChI is InChI=1S/C17H34N2O2/c1-14(2)18-17(4,16(20)21-5)11-9-13-19-12-8-6-7-10-15(19)3/h14-15,18H,6-13H2,1-5H3. The summed E-state index contributed by atoms with van der Waals surface area (Å²) in [6.45, 7) is 10.7. The largest absolute Gasteiger partial charge is 0.468 e. The number of hydrogen-bond acceptors (Lipinski definition) is 4.